The van der Waals surface area contributed by atoms with Gasteiger partial charge in [0, 0.05) is 45.8 Å². The van der Waals surface area contributed by atoms with Crippen LogP contribution in [0, 0.1) is 0 Å². The molecule has 6 heteroatoms. The number of hydrogen-bond acceptors (Lipinski definition) is 5. The van der Waals surface area contributed by atoms with E-state index >= 15 is 0 Å². The van der Waals surface area contributed by atoms with E-state index in [0.29, 0.717) is 12.5 Å². The van der Waals surface area contributed by atoms with E-state index in [4.69, 9.17) is 0 Å². The maximum atomic E-state index is 13.9. The van der Waals surface area contributed by atoms with Gasteiger partial charge in [0.2, 0.25) is 5.91 Å². The quantitative estimate of drug-likeness (QED) is 0.0448. The van der Waals surface area contributed by atoms with Gasteiger partial charge in [-0.3, -0.25) is 14.6 Å². The first-order chi connectivity index (χ1) is 32.5. The molecule has 0 unspecified atom stereocenters. The minimum atomic E-state index is 0. The monoisotopic (exact) mass is 942 g/mol. The fourth-order valence-corrected chi connectivity index (χ4v) is 10.1. The van der Waals surface area contributed by atoms with Crippen molar-refractivity contribution in [1.82, 2.24) is 24.5 Å². The van der Waals surface area contributed by atoms with Crippen LogP contribution in [0.3, 0.4) is 0 Å². The van der Waals surface area contributed by atoms with Gasteiger partial charge in [0.15, 0.2) is 0 Å². The van der Waals surface area contributed by atoms with Crippen LogP contribution in [-0.2, 0) is 4.79 Å². The Labute approximate surface area is 422 Å². The molecule has 1 amide bonds. The van der Waals surface area contributed by atoms with Gasteiger partial charge in [-0.05, 0) is 64.8 Å². The van der Waals surface area contributed by atoms with Crippen molar-refractivity contribution >= 4 is 5.91 Å². The molecule has 1 rings (SSSR count). The first-order valence-corrected chi connectivity index (χ1v) is 30.1. The standard InChI is InChI=1S/C60H119N5O.CH4/c1-7-13-18-23-28-29-30-35-40-45-50-63(52-51-61(46-41-36-31-24-19-14-8-2)47-42-37-32-25-20-15-9-3)57-59(12-6)64-53-55-65(56-54-64)60(66)58-62(48-43-38-33-26-21-16-10-4)49-44-39-34-27-22-17-11-5;/h6-11,13-58H2,1-5H3;1H4. The van der Waals surface area contributed by atoms with Crippen molar-refractivity contribution in [2.45, 2.75) is 286 Å². The molecule has 0 N–H and O–H groups in total. The summed E-state index contributed by atoms with van der Waals surface area (Å²) in [4.78, 5) is 26.7. The summed E-state index contributed by atoms with van der Waals surface area (Å²) in [5.41, 5.74) is 4.70. The Bertz CT molecular complexity index is 1030. The Hall–Kier alpha value is -1.33. The van der Waals surface area contributed by atoms with Gasteiger partial charge >= 0.3 is 0 Å². The van der Waals surface area contributed by atoms with E-state index in [9.17, 15) is 4.79 Å². The van der Waals surface area contributed by atoms with Crippen LogP contribution in [0.15, 0.2) is 18.0 Å². The smallest absolute Gasteiger partial charge is 0.236 e. The highest BCUT2D eigenvalue weighted by atomic mass is 16.2. The van der Waals surface area contributed by atoms with Gasteiger partial charge in [-0.2, -0.15) is 0 Å². The Kier molecular flexibility index (Phi) is 50.0. The fourth-order valence-electron chi connectivity index (χ4n) is 10.1. The summed E-state index contributed by atoms with van der Waals surface area (Å²) in [5, 5.41) is 0. The lowest BCUT2D eigenvalue weighted by atomic mass is 10.1. The summed E-state index contributed by atoms with van der Waals surface area (Å²) in [6.45, 7) is 28.9. The molecule has 0 aromatic heterocycles. The van der Waals surface area contributed by atoms with Gasteiger partial charge in [0.1, 0.15) is 0 Å². The van der Waals surface area contributed by atoms with Gasteiger partial charge in [0.25, 0.3) is 0 Å². The summed E-state index contributed by atoms with van der Waals surface area (Å²) < 4.78 is 0. The molecule has 1 aliphatic rings. The number of piperazine rings is 1. The lowest BCUT2D eigenvalue weighted by Crippen LogP contribution is -2.52. The van der Waals surface area contributed by atoms with Crippen LogP contribution >= 0.6 is 0 Å². The second kappa shape index (κ2) is 51.0. The van der Waals surface area contributed by atoms with E-state index in [1.165, 1.54) is 269 Å². The molecule has 67 heavy (non-hydrogen) atoms. The molecule has 1 saturated heterocycles. The molecule has 0 aliphatic carbocycles. The lowest BCUT2D eigenvalue weighted by Gasteiger charge is -2.39. The van der Waals surface area contributed by atoms with E-state index in [0.717, 1.165) is 58.9 Å². The number of carbonyl (C=O) groups excluding carboxylic acids is 1. The molecule has 0 spiro atoms. The Balaban J connectivity index is 0.0000436. The minimum absolute atomic E-state index is 0. The zero-order valence-corrected chi connectivity index (χ0v) is 45.9. The van der Waals surface area contributed by atoms with Crippen molar-refractivity contribution in [1.29, 1.82) is 0 Å². The normalized spacial score (nSPS) is 13.0. The van der Waals surface area contributed by atoms with Gasteiger partial charge in [0.05, 0.1) is 12.2 Å². The van der Waals surface area contributed by atoms with Crippen LogP contribution in [0.1, 0.15) is 286 Å². The molecule has 0 radical (unpaired) electrons. The van der Waals surface area contributed by atoms with E-state index < -0.39 is 0 Å². The predicted octanol–water partition coefficient (Wildman–Crippen LogP) is 17.3. The summed E-state index contributed by atoms with van der Waals surface area (Å²) in [7, 11) is 0. The van der Waals surface area contributed by atoms with Gasteiger partial charge in [-0.25, -0.2) is 0 Å². The topological polar surface area (TPSA) is 33.3 Å². The van der Waals surface area contributed by atoms with E-state index in [1.54, 1.807) is 0 Å². The van der Waals surface area contributed by atoms with Crippen LogP contribution in [-0.4, -0.2) is 115 Å². The molecule has 1 heterocycles. The first-order valence-electron chi connectivity index (χ1n) is 30.1. The molecule has 0 bridgehead atoms. The van der Waals surface area contributed by atoms with Crippen LogP contribution in [0.5, 0.6) is 0 Å². The molecule has 1 aliphatic heterocycles. The van der Waals surface area contributed by atoms with Crippen molar-refractivity contribution in [3.8, 4) is 0 Å². The number of unbranched alkanes of at least 4 members (excludes halogenated alkanes) is 33. The first kappa shape index (κ1) is 65.7. The molecule has 398 valence electrons. The average molecular weight is 943 g/mol. The zero-order chi connectivity index (χ0) is 47.8. The van der Waals surface area contributed by atoms with Crippen LogP contribution in [0.25, 0.3) is 0 Å². The highest BCUT2D eigenvalue weighted by Gasteiger charge is 2.25. The summed E-state index contributed by atoms with van der Waals surface area (Å²) in [6, 6.07) is 0. The van der Waals surface area contributed by atoms with Crippen molar-refractivity contribution < 1.29 is 4.79 Å². The van der Waals surface area contributed by atoms with E-state index in [2.05, 4.69) is 71.4 Å². The third-order valence-corrected chi connectivity index (χ3v) is 14.8. The van der Waals surface area contributed by atoms with Crippen molar-refractivity contribution in [3.05, 3.63) is 18.0 Å². The predicted molar refractivity (Wildman–Crippen MR) is 301 cm³/mol. The minimum Gasteiger partial charge on any atom is -0.364 e. The second-order valence-corrected chi connectivity index (χ2v) is 21.1. The SMILES string of the molecule is C.C=C=C(CN(CCCCCCCCCCCC)CCN(CCCCCCCCC)CCCCCCCCC)N1CCN(C(=O)CN(CCCCCCCCC)CCCCCCCCC)CC1. The molecular formula is C61H123N5O. The Morgan fingerprint density at radius 2 is 0.582 bits per heavy atom. The van der Waals surface area contributed by atoms with E-state index in [-0.39, 0.29) is 7.43 Å². The van der Waals surface area contributed by atoms with Crippen LogP contribution < -0.4 is 0 Å². The van der Waals surface area contributed by atoms with Gasteiger partial charge < -0.3 is 14.7 Å². The van der Waals surface area contributed by atoms with Crippen molar-refractivity contribution in [3.63, 3.8) is 0 Å². The van der Waals surface area contributed by atoms with Crippen LogP contribution in [0.2, 0.25) is 0 Å². The van der Waals surface area contributed by atoms with Crippen molar-refractivity contribution in [2.24, 2.45) is 0 Å². The summed E-state index contributed by atoms with van der Waals surface area (Å²) in [6.07, 6.45) is 51.7. The number of hydrogen-bond donors (Lipinski definition) is 0. The molecule has 6 nitrogen and oxygen atoms in total. The third-order valence-electron chi connectivity index (χ3n) is 14.8. The molecule has 0 aromatic carbocycles. The third kappa shape index (κ3) is 40.0. The fraction of sp³-hybridized carbons (Fsp3) is 0.934. The van der Waals surface area contributed by atoms with Crippen molar-refractivity contribution in [2.75, 3.05) is 85.1 Å². The molecule has 1 fully saturated rings. The van der Waals surface area contributed by atoms with Gasteiger partial charge in [-0.1, -0.05) is 261 Å². The van der Waals surface area contributed by atoms with Gasteiger partial charge in [-0.15, -0.1) is 5.73 Å². The maximum Gasteiger partial charge on any atom is 0.236 e. The Morgan fingerprint density at radius 3 is 0.881 bits per heavy atom. The largest absolute Gasteiger partial charge is 0.364 e. The molecule has 0 atom stereocenters. The second-order valence-electron chi connectivity index (χ2n) is 21.1. The van der Waals surface area contributed by atoms with Crippen LogP contribution in [0.4, 0.5) is 0 Å². The highest BCUT2D eigenvalue weighted by molar-refractivity contribution is 5.78. The number of amides is 1. The molecule has 0 saturated carbocycles. The molecular weight excluding hydrogens is 819 g/mol. The molecule has 0 aromatic rings. The Morgan fingerprint density at radius 1 is 0.343 bits per heavy atom. The number of carbonyl (C=O) groups is 1. The summed E-state index contributed by atoms with van der Waals surface area (Å²) >= 11 is 0. The average Bonchev–Trinajstić information content (AvgIpc) is 3.33. The summed E-state index contributed by atoms with van der Waals surface area (Å²) in [5.74, 6) is 0.342. The zero-order valence-electron chi connectivity index (χ0n) is 45.9. The van der Waals surface area contributed by atoms with E-state index in [1.807, 2.05) is 0 Å². The highest BCUT2D eigenvalue weighted by Crippen LogP contribution is 2.17. The number of rotatable bonds is 51. The lowest BCUT2D eigenvalue weighted by molar-refractivity contribution is -0.134. The number of nitrogens with zero attached hydrogens (tertiary/aromatic N) is 5. The maximum absolute atomic E-state index is 13.9.